The molecule has 21 heavy (non-hydrogen) atoms. The summed E-state index contributed by atoms with van der Waals surface area (Å²) in [5.41, 5.74) is -0.166. The molecule has 2 N–H and O–H groups in total. The summed E-state index contributed by atoms with van der Waals surface area (Å²) in [6, 6.07) is 0.377. The van der Waals surface area contributed by atoms with E-state index in [9.17, 15) is 5.11 Å². The molecule has 0 saturated carbocycles. The fourth-order valence-corrected chi connectivity index (χ4v) is 2.32. The minimum atomic E-state index is -0.166. The van der Waals surface area contributed by atoms with Gasteiger partial charge in [-0.15, -0.1) is 0 Å². The van der Waals surface area contributed by atoms with E-state index in [2.05, 4.69) is 26.1 Å². The van der Waals surface area contributed by atoms with Crippen molar-refractivity contribution in [3.63, 3.8) is 0 Å². The third-order valence-electron chi connectivity index (χ3n) is 3.53. The van der Waals surface area contributed by atoms with Gasteiger partial charge in [-0.3, -0.25) is 0 Å². The van der Waals surface area contributed by atoms with Crippen molar-refractivity contribution in [3.05, 3.63) is 0 Å². The van der Waals surface area contributed by atoms with Crippen LogP contribution in [0.5, 0.6) is 0 Å². The summed E-state index contributed by atoms with van der Waals surface area (Å²) in [6.45, 7) is 9.98. The predicted molar refractivity (Wildman–Crippen MR) is 85.7 cm³/mol. The Balaban J connectivity index is 3.58. The highest BCUT2D eigenvalue weighted by Gasteiger charge is 2.26. The van der Waals surface area contributed by atoms with Crippen molar-refractivity contribution in [3.8, 4) is 0 Å². The van der Waals surface area contributed by atoms with Gasteiger partial charge in [-0.25, -0.2) is 0 Å². The van der Waals surface area contributed by atoms with Gasteiger partial charge in [-0.05, 0) is 25.7 Å². The van der Waals surface area contributed by atoms with E-state index in [4.69, 9.17) is 14.2 Å². The Kier molecular flexibility index (Phi) is 13.3. The third kappa shape index (κ3) is 11.1. The molecule has 0 aromatic carbocycles. The van der Waals surface area contributed by atoms with E-state index < -0.39 is 0 Å². The van der Waals surface area contributed by atoms with Crippen molar-refractivity contribution in [2.75, 3.05) is 46.8 Å². The molecule has 0 bridgehead atoms. The highest BCUT2D eigenvalue weighted by atomic mass is 16.5. The second-order valence-electron chi connectivity index (χ2n) is 5.77. The van der Waals surface area contributed by atoms with Gasteiger partial charge in [0.05, 0.1) is 19.8 Å². The summed E-state index contributed by atoms with van der Waals surface area (Å²) in [4.78, 5) is 0. The number of aliphatic hydroxyl groups is 1. The summed E-state index contributed by atoms with van der Waals surface area (Å²) in [5, 5.41) is 13.1. The third-order valence-corrected chi connectivity index (χ3v) is 3.53. The van der Waals surface area contributed by atoms with E-state index in [1.54, 1.807) is 7.11 Å². The van der Waals surface area contributed by atoms with Gasteiger partial charge in [0, 0.05) is 38.5 Å². The van der Waals surface area contributed by atoms with E-state index in [0.717, 1.165) is 38.9 Å². The average Bonchev–Trinajstić information content (AvgIpc) is 2.47. The van der Waals surface area contributed by atoms with Crippen LogP contribution in [0.15, 0.2) is 0 Å². The van der Waals surface area contributed by atoms with E-state index in [0.29, 0.717) is 25.9 Å². The van der Waals surface area contributed by atoms with E-state index >= 15 is 0 Å². The molecule has 0 fully saturated rings. The van der Waals surface area contributed by atoms with Crippen molar-refractivity contribution in [2.24, 2.45) is 0 Å². The number of aliphatic hydroxyl groups excluding tert-OH is 1. The first-order valence-corrected chi connectivity index (χ1v) is 8.13. The predicted octanol–water partition coefficient (Wildman–Crippen LogP) is 1.98. The van der Waals surface area contributed by atoms with Crippen LogP contribution in [0.1, 0.15) is 46.5 Å². The number of methoxy groups -OCH3 is 1. The van der Waals surface area contributed by atoms with Crippen LogP contribution < -0.4 is 5.32 Å². The van der Waals surface area contributed by atoms with Gasteiger partial charge in [0.25, 0.3) is 0 Å². The van der Waals surface area contributed by atoms with Crippen LogP contribution in [-0.2, 0) is 14.2 Å². The van der Waals surface area contributed by atoms with Gasteiger partial charge in [-0.1, -0.05) is 20.8 Å². The number of hydrogen-bond acceptors (Lipinski definition) is 5. The van der Waals surface area contributed by atoms with E-state index in [1.165, 1.54) is 0 Å². The lowest BCUT2D eigenvalue weighted by molar-refractivity contribution is 0.0484. The van der Waals surface area contributed by atoms with Crippen LogP contribution in [0.3, 0.4) is 0 Å². The quantitative estimate of drug-likeness (QED) is 0.453. The SMILES string of the molecule is CCC(CO)(CCCOCCCOCCOC)NC(C)C. The average molecular weight is 305 g/mol. The fraction of sp³-hybridized carbons (Fsp3) is 1.00. The largest absolute Gasteiger partial charge is 0.394 e. The molecule has 0 aromatic rings. The molecule has 128 valence electrons. The first-order chi connectivity index (χ1) is 10.1. The lowest BCUT2D eigenvalue weighted by atomic mass is 9.90. The molecular weight excluding hydrogens is 270 g/mol. The molecule has 0 amide bonds. The second kappa shape index (κ2) is 13.5. The first-order valence-electron chi connectivity index (χ1n) is 8.13. The molecule has 0 aliphatic carbocycles. The summed E-state index contributed by atoms with van der Waals surface area (Å²) in [7, 11) is 1.67. The van der Waals surface area contributed by atoms with Gasteiger partial charge < -0.3 is 24.6 Å². The number of rotatable bonds is 15. The Labute approximate surface area is 130 Å². The summed E-state index contributed by atoms with van der Waals surface area (Å²) >= 11 is 0. The minimum absolute atomic E-state index is 0.166. The number of ether oxygens (including phenoxy) is 3. The summed E-state index contributed by atoms with van der Waals surface area (Å²) < 4.78 is 15.9. The monoisotopic (exact) mass is 305 g/mol. The van der Waals surface area contributed by atoms with Crippen molar-refractivity contribution < 1.29 is 19.3 Å². The molecule has 0 heterocycles. The van der Waals surface area contributed by atoms with Crippen molar-refractivity contribution >= 4 is 0 Å². The number of hydrogen-bond donors (Lipinski definition) is 2. The molecule has 0 aromatic heterocycles. The van der Waals surface area contributed by atoms with Gasteiger partial charge in [-0.2, -0.15) is 0 Å². The summed E-state index contributed by atoms with van der Waals surface area (Å²) in [5.74, 6) is 0. The van der Waals surface area contributed by atoms with Crippen LogP contribution >= 0.6 is 0 Å². The lowest BCUT2D eigenvalue weighted by Gasteiger charge is -2.34. The van der Waals surface area contributed by atoms with Crippen molar-refractivity contribution in [2.45, 2.75) is 58.0 Å². The molecule has 1 atom stereocenters. The molecule has 0 aliphatic heterocycles. The van der Waals surface area contributed by atoms with Crippen LogP contribution in [-0.4, -0.2) is 63.4 Å². The second-order valence-corrected chi connectivity index (χ2v) is 5.77. The smallest absolute Gasteiger partial charge is 0.0700 e. The van der Waals surface area contributed by atoms with Gasteiger partial charge in [0.2, 0.25) is 0 Å². The van der Waals surface area contributed by atoms with Gasteiger partial charge >= 0.3 is 0 Å². The first kappa shape index (κ1) is 20.8. The Morgan fingerprint density at radius 2 is 1.62 bits per heavy atom. The molecule has 0 radical (unpaired) electrons. The molecular formula is C16H35NO4. The summed E-state index contributed by atoms with van der Waals surface area (Å²) in [6.07, 6.45) is 3.73. The minimum Gasteiger partial charge on any atom is -0.394 e. The maximum Gasteiger partial charge on any atom is 0.0700 e. The molecule has 1 unspecified atom stereocenters. The fourth-order valence-electron chi connectivity index (χ4n) is 2.32. The topological polar surface area (TPSA) is 60.0 Å². The Morgan fingerprint density at radius 1 is 1.00 bits per heavy atom. The van der Waals surface area contributed by atoms with Crippen molar-refractivity contribution in [1.29, 1.82) is 0 Å². The molecule has 0 aliphatic rings. The maximum absolute atomic E-state index is 9.64. The molecule has 5 heteroatoms. The van der Waals surface area contributed by atoms with Gasteiger partial charge in [0.1, 0.15) is 0 Å². The van der Waals surface area contributed by atoms with Crippen LogP contribution in [0.25, 0.3) is 0 Å². The molecule has 0 saturated heterocycles. The highest BCUT2D eigenvalue weighted by Crippen LogP contribution is 2.18. The maximum atomic E-state index is 9.64. The van der Waals surface area contributed by atoms with E-state index in [-0.39, 0.29) is 12.1 Å². The van der Waals surface area contributed by atoms with Crippen LogP contribution in [0, 0.1) is 0 Å². The zero-order valence-corrected chi connectivity index (χ0v) is 14.3. The van der Waals surface area contributed by atoms with Crippen LogP contribution in [0.4, 0.5) is 0 Å². The highest BCUT2D eigenvalue weighted by molar-refractivity contribution is 4.87. The molecule has 0 rings (SSSR count). The molecule has 5 nitrogen and oxygen atoms in total. The normalized spacial score (nSPS) is 14.6. The standard InChI is InChI=1S/C16H35NO4/c1-5-16(14-18,17-15(2)3)8-6-9-20-10-7-11-21-13-12-19-4/h15,17-18H,5-14H2,1-4H3. The Bertz CT molecular complexity index is 220. The zero-order chi connectivity index (χ0) is 16.0. The zero-order valence-electron chi connectivity index (χ0n) is 14.3. The van der Waals surface area contributed by atoms with Gasteiger partial charge in [0.15, 0.2) is 0 Å². The molecule has 0 spiro atoms. The Hall–Kier alpha value is -0.200. The lowest BCUT2D eigenvalue weighted by Crippen LogP contribution is -2.51. The van der Waals surface area contributed by atoms with Crippen molar-refractivity contribution in [1.82, 2.24) is 5.32 Å². The van der Waals surface area contributed by atoms with Crippen LogP contribution in [0.2, 0.25) is 0 Å². The Morgan fingerprint density at radius 3 is 2.14 bits per heavy atom. The van der Waals surface area contributed by atoms with E-state index in [1.807, 2.05) is 0 Å². The number of nitrogens with one attached hydrogen (secondary N) is 1.